The van der Waals surface area contributed by atoms with Crippen LogP contribution in [-0.4, -0.2) is 64.4 Å². The van der Waals surface area contributed by atoms with Gasteiger partial charge in [0.2, 0.25) is 15.9 Å². The van der Waals surface area contributed by atoms with E-state index in [1.807, 2.05) is 6.92 Å². The van der Waals surface area contributed by atoms with Gasteiger partial charge in [0.1, 0.15) is 6.04 Å². The average molecular weight is 385 g/mol. The molecule has 0 aromatic heterocycles. The molecule has 0 aliphatic heterocycles. The van der Waals surface area contributed by atoms with Crippen molar-refractivity contribution in [2.75, 3.05) is 27.2 Å². The topological polar surface area (TPSA) is 122 Å². The molecule has 1 rings (SSSR count). The van der Waals surface area contributed by atoms with Gasteiger partial charge in [-0.15, -0.1) is 0 Å². The van der Waals surface area contributed by atoms with Crippen LogP contribution in [0.1, 0.15) is 12.5 Å². The maximum atomic E-state index is 12.2. The van der Waals surface area contributed by atoms with Gasteiger partial charge in [-0.3, -0.25) is 14.4 Å². The highest BCUT2D eigenvalue weighted by molar-refractivity contribution is 7.89. The van der Waals surface area contributed by atoms with E-state index in [-0.39, 0.29) is 17.3 Å². The number of amides is 2. The summed E-state index contributed by atoms with van der Waals surface area (Å²) in [6, 6.07) is 4.94. The maximum Gasteiger partial charge on any atom is 0.324 e. The van der Waals surface area contributed by atoms with Gasteiger partial charge in [0.25, 0.3) is 5.91 Å². The highest BCUT2D eigenvalue weighted by Crippen LogP contribution is 2.10. The van der Waals surface area contributed by atoms with Crippen molar-refractivity contribution in [2.24, 2.45) is 0 Å². The minimum absolute atomic E-state index is 0.0177. The molecule has 0 unspecified atom stereocenters. The molecular weight excluding hydrogens is 362 g/mol. The van der Waals surface area contributed by atoms with Gasteiger partial charge in [-0.2, -0.15) is 4.72 Å². The van der Waals surface area contributed by atoms with Crippen molar-refractivity contribution < 1.29 is 27.5 Å². The second kappa shape index (κ2) is 9.30. The number of carbonyl (C=O) groups is 3. The van der Waals surface area contributed by atoms with Gasteiger partial charge in [0.15, 0.2) is 6.61 Å². The minimum Gasteiger partial charge on any atom is -0.454 e. The summed E-state index contributed by atoms with van der Waals surface area (Å²) in [5, 5.41) is 2.36. The lowest BCUT2D eigenvalue weighted by Crippen LogP contribution is -2.42. The van der Waals surface area contributed by atoms with Gasteiger partial charge >= 0.3 is 5.97 Å². The van der Waals surface area contributed by atoms with E-state index in [0.29, 0.717) is 0 Å². The maximum absolute atomic E-state index is 12.2. The molecular formula is C16H23N3O6S. The Balaban J connectivity index is 2.58. The summed E-state index contributed by atoms with van der Waals surface area (Å²) in [6.07, 6.45) is 0. The first kappa shape index (κ1) is 21.6. The number of hydrogen-bond acceptors (Lipinski definition) is 6. The molecule has 1 atom stereocenters. The van der Waals surface area contributed by atoms with Crippen molar-refractivity contribution in [3.63, 3.8) is 0 Å². The summed E-state index contributed by atoms with van der Waals surface area (Å²) < 4.78 is 31.4. The Kier molecular flexibility index (Phi) is 7.72. The number of carbonyl (C=O) groups excluding carboxylic acids is 3. The molecule has 2 amide bonds. The van der Waals surface area contributed by atoms with Crippen LogP contribution in [0.25, 0.3) is 0 Å². The largest absolute Gasteiger partial charge is 0.454 e. The summed E-state index contributed by atoms with van der Waals surface area (Å²) >= 11 is 0. The fourth-order valence-electron chi connectivity index (χ4n) is 1.82. The van der Waals surface area contributed by atoms with Crippen molar-refractivity contribution in [1.82, 2.24) is 14.9 Å². The molecule has 144 valence electrons. The van der Waals surface area contributed by atoms with Crippen LogP contribution in [0, 0.1) is 6.92 Å². The van der Waals surface area contributed by atoms with Crippen molar-refractivity contribution in [3.8, 4) is 0 Å². The zero-order valence-electron chi connectivity index (χ0n) is 15.1. The predicted molar refractivity (Wildman–Crippen MR) is 93.6 cm³/mol. The van der Waals surface area contributed by atoms with Crippen LogP contribution in [0.5, 0.6) is 0 Å². The number of aryl methyl sites for hydroxylation is 1. The van der Waals surface area contributed by atoms with Crippen LogP contribution in [0.4, 0.5) is 0 Å². The molecule has 26 heavy (non-hydrogen) atoms. The highest BCUT2D eigenvalue weighted by atomic mass is 32.2. The number of ether oxygens (including phenoxy) is 1. The summed E-state index contributed by atoms with van der Waals surface area (Å²) in [4.78, 5) is 36.0. The minimum atomic E-state index is -3.89. The third kappa shape index (κ3) is 6.45. The van der Waals surface area contributed by atoms with E-state index in [1.165, 1.54) is 33.2 Å². The van der Waals surface area contributed by atoms with E-state index < -0.39 is 34.5 Å². The van der Waals surface area contributed by atoms with Gasteiger partial charge in [0, 0.05) is 14.1 Å². The molecule has 2 N–H and O–H groups in total. The predicted octanol–water partition coefficient (Wildman–Crippen LogP) is -0.591. The van der Waals surface area contributed by atoms with E-state index >= 15 is 0 Å². The van der Waals surface area contributed by atoms with E-state index in [1.54, 1.807) is 12.1 Å². The number of likely N-dealkylation sites (N-methyl/N-ethyl adjacent to an activating group) is 2. The monoisotopic (exact) mass is 385 g/mol. The Hall–Kier alpha value is -2.46. The molecule has 9 nitrogen and oxygen atoms in total. The highest BCUT2D eigenvalue weighted by Gasteiger charge is 2.24. The fourth-order valence-corrected chi connectivity index (χ4v) is 3.01. The molecule has 0 aliphatic carbocycles. The molecule has 0 saturated carbocycles. The summed E-state index contributed by atoms with van der Waals surface area (Å²) in [6.45, 7) is 2.36. The van der Waals surface area contributed by atoms with E-state index in [9.17, 15) is 22.8 Å². The van der Waals surface area contributed by atoms with Gasteiger partial charge in [-0.05, 0) is 26.0 Å². The number of nitrogens with one attached hydrogen (secondary N) is 2. The first-order valence-corrected chi connectivity index (χ1v) is 9.25. The lowest BCUT2D eigenvalue weighted by molar-refractivity contribution is -0.153. The van der Waals surface area contributed by atoms with Crippen LogP contribution in [0.2, 0.25) is 0 Å². The van der Waals surface area contributed by atoms with Crippen LogP contribution in [-0.2, 0) is 29.1 Å². The molecule has 1 aromatic rings. The molecule has 0 saturated heterocycles. The molecule has 0 aliphatic rings. The molecule has 0 spiro atoms. The zero-order valence-corrected chi connectivity index (χ0v) is 15.9. The number of benzene rings is 1. The Labute approximate surface area is 152 Å². The SMILES string of the molecule is CNC(=O)CN(C)C(=O)COC(=O)[C@H](C)NS(=O)(=O)c1ccc(C)cc1. The second-order valence-corrected chi connectivity index (χ2v) is 7.40. The van der Waals surface area contributed by atoms with Crippen molar-refractivity contribution in [2.45, 2.75) is 24.8 Å². The standard InChI is InChI=1S/C16H23N3O6S/c1-11-5-7-13(8-6-11)26(23,24)18-12(2)16(22)25-10-15(21)19(4)9-14(20)17-3/h5-8,12,18H,9-10H2,1-4H3,(H,17,20)/t12-/m0/s1. The first-order valence-electron chi connectivity index (χ1n) is 7.77. The number of nitrogens with zero attached hydrogens (tertiary/aromatic N) is 1. The van der Waals surface area contributed by atoms with Gasteiger partial charge in [-0.1, -0.05) is 17.7 Å². The summed E-state index contributed by atoms with van der Waals surface area (Å²) in [5.41, 5.74) is 0.899. The van der Waals surface area contributed by atoms with Crippen molar-refractivity contribution in [1.29, 1.82) is 0 Å². The van der Waals surface area contributed by atoms with Gasteiger partial charge in [0.05, 0.1) is 11.4 Å². The third-order valence-electron chi connectivity index (χ3n) is 3.44. The zero-order chi connectivity index (χ0) is 19.9. The lowest BCUT2D eigenvalue weighted by Gasteiger charge is -2.17. The Morgan fingerprint density at radius 3 is 2.31 bits per heavy atom. The van der Waals surface area contributed by atoms with Crippen LogP contribution >= 0.6 is 0 Å². The molecule has 0 fully saturated rings. The number of rotatable bonds is 8. The van der Waals surface area contributed by atoms with Crippen molar-refractivity contribution in [3.05, 3.63) is 29.8 Å². The smallest absolute Gasteiger partial charge is 0.324 e. The lowest BCUT2D eigenvalue weighted by atomic mass is 10.2. The Bertz CT molecular complexity index is 761. The molecule has 0 radical (unpaired) electrons. The second-order valence-electron chi connectivity index (χ2n) is 5.69. The molecule has 1 aromatic carbocycles. The number of hydrogen-bond donors (Lipinski definition) is 2. The first-order chi connectivity index (χ1) is 12.1. The Morgan fingerprint density at radius 2 is 1.77 bits per heavy atom. The van der Waals surface area contributed by atoms with Crippen LogP contribution < -0.4 is 10.0 Å². The summed E-state index contributed by atoms with van der Waals surface area (Å²) in [7, 11) is -1.08. The molecule has 0 bridgehead atoms. The van der Waals surface area contributed by atoms with Crippen molar-refractivity contribution >= 4 is 27.8 Å². The van der Waals surface area contributed by atoms with Crippen LogP contribution in [0.15, 0.2) is 29.2 Å². The number of sulfonamides is 1. The van der Waals surface area contributed by atoms with E-state index in [2.05, 4.69) is 10.0 Å². The van der Waals surface area contributed by atoms with Gasteiger partial charge in [-0.25, -0.2) is 8.42 Å². The van der Waals surface area contributed by atoms with Gasteiger partial charge < -0.3 is 15.0 Å². The fraction of sp³-hybridized carbons (Fsp3) is 0.438. The quantitative estimate of drug-likeness (QED) is 0.577. The van der Waals surface area contributed by atoms with E-state index in [0.717, 1.165) is 10.5 Å². The van der Waals surface area contributed by atoms with Crippen LogP contribution in [0.3, 0.4) is 0 Å². The normalized spacial score (nSPS) is 12.2. The molecule has 10 heteroatoms. The molecule has 0 heterocycles. The van der Waals surface area contributed by atoms with E-state index in [4.69, 9.17) is 4.74 Å². The number of esters is 1. The Morgan fingerprint density at radius 1 is 1.19 bits per heavy atom. The summed E-state index contributed by atoms with van der Waals surface area (Å²) in [5.74, 6) is -1.86. The average Bonchev–Trinajstić information content (AvgIpc) is 2.58. The third-order valence-corrected chi connectivity index (χ3v) is 5.00.